The largest absolute Gasteiger partial charge is 0.494 e. The maximum atomic E-state index is 13.2. The van der Waals surface area contributed by atoms with Gasteiger partial charge in [-0.05, 0) is 68.1 Å². The van der Waals surface area contributed by atoms with Crippen molar-refractivity contribution in [3.8, 4) is 11.6 Å². The standard InChI is InChI=1S/C28H27N3O3/c1-17-12-13-21(14-20(17)4)31-27(33)23-11-6-5-10-22(23)24(28(31)34)15-29-16-25(32)30-26-18(2)8-7-9-19(26)3/h5-15,34H,16H2,1-4H3,(H,30,32). The van der Waals surface area contributed by atoms with E-state index in [0.29, 0.717) is 22.0 Å². The number of aromatic nitrogens is 1. The number of hydrogen-bond acceptors (Lipinski definition) is 4. The summed E-state index contributed by atoms with van der Waals surface area (Å²) in [6, 6.07) is 18.5. The van der Waals surface area contributed by atoms with Gasteiger partial charge in [-0.15, -0.1) is 0 Å². The Bertz CT molecular complexity index is 1480. The molecule has 0 unspecified atom stereocenters. The fourth-order valence-corrected chi connectivity index (χ4v) is 4.00. The first kappa shape index (κ1) is 23.0. The van der Waals surface area contributed by atoms with E-state index in [1.54, 1.807) is 30.3 Å². The summed E-state index contributed by atoms with van der Waals surface area (Å²) in [7, 11) is 0. The second-order valence-electron chi connectivity index (χ2n) is 8.48. The topological polar surface area (TPSA) is 83.7 Å². The van der Waals surface area contributed by atoms with Crippen LogP contribution in [0.4, 0.5) is 5.69 Å². The molecule has 2 N–H and O–H groups in total. The number of aliphatic imine (C=N–C) groups is 1. The van der Waals surface area contributed by atoms with E-state index in [-0.39, 0.29) is 23.9 Å². The number of nitrogens with zero attached hydrogens (tertiary/aromatic N) is 2. The Morgan fingerprint density at radius 2 is 1.59 bits per heavy atom. The van der Waals surface area contributed by atoms with Crippen molar-refractivity contribution in [1.29, 1.82) is 0 Å². The predicted octanol–water partition coefficient (Wildman–Crippen LogP) is 4.99. The van der Waals surface area contributed by atoms with Gasteiger partial charge in [0.15, 0.2) is 0 Å². The van der Waals surface area contributed by atoms with Crippen LogP contribution in [-0.4, -0.2) is 28.3 Å². The average molecular weight is 454 g/mol. The molecular formula is C28H27N3O3. The van der Waals surface area contributed by atoms with Crippen molar-refractivity contribution in [3.63, 3.8) is 0 Å². The lowest BCUT2D eigenvalue weighted by Gasteiger charge is -2.15. The van der Waals surface area contributed by atoms with Crippen LogP contribution in [0.5, 0.6) is 5.88 Å². The summed E-state index contributed by atoms with van der Waals surface area (Å²) < 4.78 is 1.28. The monoisotopic (exact) mass is 453 g/mol. The number of carbonyl (C=O) groups excluding carboxylic acids is 1. The zero-order valence-electron chi connectivity index (χ0n) is 19.7. The zero-order chi connectivity index (χ0) is 24.4. The summed E-state index contributed by atoms with van der Waals surface area (Å²) in [5.74, 6) is -0.481. The van der Waals surface area contributed by atoms with E-state index in [1.165, 1.54) is 10.8 Å². The van der Waals surface area contributed by atoms with Gasteiger partial charge in [0.2, 0.25) is 11.8 Å². The molecule has 1 aromatic heterocycles. The van der Waals surface area contributed by atoms with E-state index in [2.05, 4.69) is 10.3 Å². The van der Waals surface area contributed by atoms with Crippen LogP contribution in [0.2, 0.25) is 0 Å². The highest BCUT2D eigenvalue weighted by Gasteiger charge is 2.17. The minimum atomic E-state index is -0.318. The molecular weight excluding hydrogens is 426 g/mol. The van der Waals surface area contributed by atoms with Crippen molar-refractivity contribution >= 4 is 28.6 Å². The Morgan fingerprint density at radius 1 is 0.912 bits per heavy atom. The van der Waals surface area contributed by atoms with Gasteiger partial charge in [-0.2, -0.15) is 0 Å². The van der Waals surface area contributed by atoms with Crippen LogP contribution in [0.1, 0.15) is 27.8 Å². The third-order valence-corrected chi connectivity index (χ3v) is 6.05. The van der Waals surface area contributed by atoms with Gasteiger partial charge in [-0.25, -0.2) is 4.57 Å². The Balaban J connectivity index is 1.72. The molecule has 4 rings (SSSR count). The number of para-hydroxylation sites is 1. The Morgan fingerprint density at radius 3 is 2.26 bits per heavy atom. The number of hydrogen-bond donors (Lipinski definition) is 2. The maximum Gasteiger partial charge on any atom is 0.265 e. The number of amides is 1. The summed E-state index contributed by atoms with van der Waals surface area (Å²) >= 11 is 0. The lowest BCUT2D eigenvalue weighted by Crippen LogP contribution is -2.20. The maximum absolute atomic E-state index is 13.2. The van der Waals surface area contributed by atoms with Gasteiger partial charge in [-0.1, -0.05) is 42.5 Å². The third kappa shape index (κ3) is 4.35. The molecule has 0 aliphatic heterocycles. The molecule has 4 aromatic rings. The smallest absolute Gasteiger partial charge is 0.265 e. The van der Waals surface area contributed by atoms with Crippen molar-refractivity contribution < 1.29 is 9.90 Å². The summed E-state index contributed by atoms with van der Waals surface area (Å²) in [6.07, 6.45) is 1.46. The lowest BCUT2D eigenvalue weighted by molar-refractivity contribution is -0.114. The quantitative estimate of drug-likeness (QED) is 0.418. The molecule has 6 nitrogen and oxygen atoms in total. The highest BCUT2D eigenvalue weighted by Crippen LogP contribution is 2.26. The first-order valence-corrected chi connectivity index (χ1v) is 11.1. The number of fused-ring (bicyclic) bond motifs is 1. The van der Waals surface area contributed by atoms with E-state index in [0.717, 1.165) is 27.9 Å². The molecule has 3 aromatic carbocycles. The molecule has 0 spiro atoms. The molecule has 0 radical (unpaired) electrons. The summed E-state index contributed by atoms with van der Waals surface area (Å²) in [5.41, 5.74) is 5.46. The number of pyridine rings is 1. The molecule has 1 amide bonds. The average Bonchev–Trinajstić information content (AvgIpc) is 2.81. The number of nitrogens with one attached hydrogen (secondary N) is 1. The second kappa shape index (κ2) is 9.35. The number of aromatic hydroxyl groups is 1. The lowest BCUT2D eigenvalue weighted by atomic mass is 10.1. The van der Waals surface area contributed by atoms with Gasteiger partial charge in [0.25, 0.3) is 5.56 Å². The number of aryl methyl sites for hydroxylation is 4. The van der Waals surface area contributed by atoms with Gasteiger partial charge in [0.05, 0.1) is 11.3 Å². The molecule has 172 valence electrons. The van der Waals surface area contributed by atoms with Crippen LogP contribution in [-0.2, 0) is 4.79 Å². The Hall–Kier alpha value is -4.19. The molecule has 6 heteroatoms. The first-order chi connectivity index (χ1) is 16.3. The van der Waals surface area contributed by atoms with Gasteiger partial charge >= 0.3 is 0 Å². The molecule has 1 heterocycles. The van der Waals surface area contributed by atoms with Crippen molar-refractivity contribution in [1.82, 2.24) is 4.57 Å². The van der Waals surface area contributed by atoms with Gasteiger partial charge in [0.1, 0.15) is 6.54 Å². The third-order valence-electron chi connectivity index (χ3n) is 6.05. The van der Waals surface area contributed by atoms with E-state index in [4.69, 9.17) is 0 Å². The molecule has 34 heavy (non-hydrogen) atoms. The zero-order valence-corrected chi connectivity index (χ0v) is 19.7. The number of rotatable bonds is 5. The van der Waals surface area contributed by atoms with Gasteiger partial charge < -0.3 is 10.4 Å². The number of carbonyl (C=O) groups is 1. The Labute approximate surface area is 198 Å². The highest BCUT2D eigenvalue weighted by molar-refractivity contribution is 6.03. The fraction of sp³-hybridized carbons (Fsp3) is 0.179. The predicted molar refractivity (Wildman–Crippen MR) is 138 cm³/mol. The van der Waals surface area contributed by atoms with Crippen LogP contribution >= 0.6 is 0 Å². The van der Waals surface area contributed by atoms with E-state index < -0.39 is 0 Å². The van der Waals surface area contributed by atoms with Gasteiger partial charge in [-0.3, -0.25) is 14.6 Å². The van der Waals surface area contributed by atoms with E-state index in [1.807, 2.05) is 58.0 Å². The second-order valence-corrected chi connectivity index (χ2v) is 8.48. The number of benzene rings is 3. The molecule has 0 saturated heterocycles. The normalized spacial score (nSPS) is 11.3. The fourth-order valence-electron chi connectivity index (χ4n) is 4.00. The molecule has 0 bridgehead atoms. The van der Waals surface area contributed by atoms with E-state index >= 15 is 0 Å². The Kier molecular flexibility index (Phi) is 6.32. The van der Waals surface area contributed by atoms with Crippen molar-refractivity contribution in [3.05, 3.63) is 98.8 Å². The van der Waals surface area contributed by atoms with Crippen LogP contribution in [0.15, 0.2) is 70.5 Å². The number of anilines is 1. The SMILES string of the molecule is Cc1ccc(-n2c(O)c(C=NCC(=O)Nc3c(C)cccc3C)c3ccccc3c2=O)cc1C. The molecule has 0 saturated carbocycles. The summed E-state index contributed by atoms with van der Waals surface area (Å²) in [5, 5.41) is 15.1. The first-order valence-electron chi connectivity index (χ1n) is 11.1. The molecule has 0 aliphatic carbocycles. The van der Waals surface area contributed by atoms with Crippen LogP contribution in [0, 0.1) is 27.7 Å². The van der Waals surface area contributed by atoms with Crippen molar-refractivity contribution in [2.45, 2.75) is 27.7 Å². The van der Waals surface area contributed by atoms with Crippen LogP contribution in [0.3, 0.4) is 0 Å². The van der Waals surface area contributed by atoms with Crippen LogP contribution in [0.25, 0.3) is 16.5 Å². The molecule has 0 atom stereocenters. The molecule has 0 aliphatic rings. The van der Waals surface area contributed by atoms with Gasteiger partial charge in [0, 0.05) is 22.7 Å². The highest BCUT2D eigenvalue weighted by atomic mass is 16.3. The van der Waals surface area contributed by atoms with E-state index in [9.17, 15) is 14.7 Å². The van der Waals surface area contributed by atoms with Crippen LogP contribution < -0.4 is 10.9 Å². The minimum Gasteiger partial charge on any atom is -0.494 e. The summed E-state index contributed by atoms with van der Waals surface area (Å²) in [6.45, 7) is 7.70. The molecule has 0 fully saturated rings. The van der Waals surface area contributed by atoms with Crippen molar-refractivity contribution in [2.24, 2.45) is 4.99 Å². The van der Waals surface area contributed by atoms with Crippen molar-refractivity contribution in [2.75, 3.05) is 11.9 Å². The minimum absolute atomic E-state index is 0.121. The summed E-state index contributed by atoms with van der Waals surface area (Å²) in [4.78, 5) is 30.1.